The Morgan fingerprint density at radius 3 is 2.36 bits per heavy atom. The van der Waals surface area contributed by atoms with Crippen molar-refractivity contribution in [3.05, 3.63) is 83.7 Å². The van der Waals surface area contributed by atoms with Crippen molar-refractivity contribution in [2.24, 2.45) is 4.99 Å². The van der Waals surface area contributed by atoms with Gasteiger partial charge in [0, 0.05) is 35.8 Å². The van der Waals surface area contributed by atoms with Gasteiger partial charge >= 0.3 is 0 Å². The SMILES string of the molecule is CCCN(CCC)c1cccc2c1[nH]c1cc(=NC(=O)CCCc3ccccc3)cccc12. The second-order valence-electron chi connectivity index (χ2n) is 8.58. The van der Waals surface area contributed by atoms with Crippen LogP contribution in [-0.2, 0) is 11.2 Å². The van der Waals surface area contributed by atoms with Crippen molar-refractivity contribution in [1.82, 2.24) is 4.98 Å². The summed E-state index contributed by atoms with van der Waals surface area (Å²) < 4.78 is 0. The number of fused-ring (bicyclic) bond motifs is 3. The third-order valence-corrected chi connectivity index (χ3v) is 5.99. The second-order valence-corrected chi connectivity index (χ2v) is 8.58. The van der Waals surface area contributed by atoms with Gasteiger partial charge in [0.15, 0.2) is 0 Å². The van der Waals surface area contributed by atoms with Gasteiger partial charge in [-0.1, -0.05) is 68.4 Å². The first-order chi connectivity index (χ1) is 16.2. The van der Waals surface area contributed by atoms with Gasteiger partial charge < -0.3 is 9.88 Å². The Balaban J connectivity index is 1.62. The molecule has 33 heavy (non-hydrogen) atoms. The maximum Gasteiger partial charge on any atom is 0.246 e. The van der Waals surface area contributed by atoms with Crippen molar-refractivity contribution in [2.75, 3.05) is 18.0 Å². The highest BCUT2D eigenvalue weighted by Crippen LogP contribution is 2.31. The fourth-order valence-electron chi connectivity index (χ4n) is 4.49. The van der Waals surface area contributed by atoms with Crippen LogP contribution in [0.2, 0.25) is 0 Å². The lowest BCUT2D eigenvalue weighted by Gasteiger charge is -2.24. The van der Waals surface area contributed by atoms with Crippen LogP contribution in [-0.4, -0.2) is 24.0 Å². The van der Waals surface area contributed by atoms with Gasteiger partial charge in [-0.05, 0) is 49.4 Å². The molecule has 0 radical (unpaired) electrons. The Hall–Kier alpha value is -3.40. The van der Waals surface area contributed by atoms with Crippen molar-refractivity contribution in [2.45, 2.75) is 46.0 Å². The largest absolute Gasteiger partial charge is 0.370 e. The van der Waals surface area contributed by atoms with Crippen LogP contribution in [0.5, 0.6) is 0 Å². The lowest BCUT2D eigenvalue weighted by Crippen LogP contribution is -2.25. The van der Waals surface area contributed by atoms with Crippen molar-refractivity contribution in [1.29, 1.82) is 0 Å². The zero-order valence-corrected chi connectivity index (χ0v) is 19.7. The van der Waals surface area contributed by atoms with E-state index in [1.165, 1.54) is 16.6 Å². The van der Waals surface area contributed by atoms with Gasteiger partial charge in [-0.2, -0.15) is 0 Å². The number of carbonyl (C=O) groups excluding carboxylic acids is 1. The molecule has 0 fully saturated rings. The molecule has 0 aliphatic heterocycles. The Morgan fingerprint density at radius 1 is 0.879 bits per heavy atom. The number of hydrogen-bond donors (Lipinski definition) is 1. The molecule has 1 aromatic heterocycles. The molecule has 0 unspecified atom stereocenters. The monoisotopic (exact) mass is 439 g/mol. The van der Waals surface area contributed by atoms with E-state index in [4.69, 9.17) is 0 Å². The minimum Gasteiger partial charge on any atom is -0.370 e. The number of amides is 1. The smallest absolute Gasteiger partial charge is 0.246 e. The molecule has 0 aliphatic carbocycles. The number of aromatic nitrogens is 1. The van der Waals surface area contributed by atoms with Crippen LogP contribution in [0, 0.1) is 0 Å². The summed E-state index contributed by atoms with van der Waals surface area (Å²) >= 11 is 0. The van der Waals surface area contributed by atoms with Crippen molar-refractivity contribution in [3.63, 3.8) is 0 Å². The number of H-pyrrole nitrogens is 1. The van der Waals surface area contributed by atoms with Gasteiger partial charge in [0.1, 0.15) is 0 Å². The first-order valence-corrected chi connectivity index (χ1v) is 12.1. The molecular formula is C29H33N3O. The van der Waals surface area contributed by atoms with Gasteiger partial charge in [-0.15, -0.1) is 0 Å². The first-order valence-electron chi connectivity index (χ1n) is 12.1. The summed E-state index contributed by atoms with van der Waals surface area (Å²) in [4.78, 5) is 23.0. The molecule has 0 aliphatic rings. The average molecular weight is 440 g/mol. The van der Waals surface area contributed by atoms with Gasteiger partial charge in [-0.3, -0.25) is 4.79 Å². The van der Waals surface area contributed by atoms with E-state index in [1.807, 2.05) is 36.4 Å². The van der Waals surface area contributed by atoms with E-state index in [0.29, 0.717) is 11.8 Å². The van der Waals surface area contributed by atoms with E-state index < -0.39 is 0 Å². The van der Waals surface area contributed by atoms with Crippen LogP contribution in [0.15, 0.2) is 77.8 Å². The summed E-state index contributed by atoms with van der Waals surface area (Å²) in [6, 6.07) is 24.8. The molecule has 0 bridgehead atoms. The summed E-state index contributed by atoms with van der Waals surface area (Å²) in [5, 5.41) is 3.05. The predicted molar refractivity (Wildman–Crippen MR) is 139 cm³/mol. The summed E-state index contributed by atoms with van der Waals surface area (Å²) in [6.07, 6.45) is 4.38. The van der Waals surface area contributed by atoms with Gasteiger partial charge in [0.2, 0.25) is 5.91 Å². The van der Waals surface area contributed by atoms with Crippen molar-refractivity contribution < 1.29 is 4.79 Å². The summed E-state index contributed by atoms with van der Waals surface area (Å²) in [5.41, 5.74) is 4.66. The van der Waals surface area contributed by atoms with Gasteiger partial charge in [-0.25, -0.2) is 4.99 Å². The number of hydrogen-bond acceptors (Lipinski definition) is 2. The molecule has 1 amide bonds. The van der Waals surface area contributed by atoms with Crippen molar-refractivity contribution >= 4 is 33.4 Å². The summed E-state index contributed by atoms with van der Waals surface area (Å²) in [5.74, 6) is -0.0702. The molecular weight excluding hydrogens is 406 g/mol. The first kappa shape index (κ1) is 22.8. The summed E-state index contributed by atoms with van der Waals surface area (Å²) in [6.45, 7) is 6.51. The molecule has 0 atom stereocenters. The maximum absolute atomic E-state index is 12.5. The number of aromatic amines is 1. The number of benzene rings is 2. The van der Waals surface area contributed by atoms with Crippen molar-refractivity contribution in [3.8, 4) is 0 Å². The van der Waals surface area contributed by atoms with Crippen LogP contribution in [0.1, 0.15) is 45.1 Å². The Kier molecular flexibility index (Phi) is 7.56. The van der Waals surface area contributed by atoms with E-state index in [-0.39, 0.29) is 5.91 Å². The van der Waals surface area contributed by atoms with E-state index in [0.717, 1.165) is 55.2 Å². The highest BCUT2D eigenvalue weighted by atomic mass is 16.1. The second kappa shape index (κ2) is 11.0. The molecule has 4 rings (SSSR count). The maximum atomic E-state index is 12.5. The average Bonchev–Trinajstić information content (AvgIpc) is 3.04. The van der Waals surface area contributed by atoms with E-state index >= 15 is 0 Å². The quantitative estimate of drug-likeness (QED) is 0.328. The molecule has 1 N–H and O–H groups in total. The minimum atomic E-state index is -0.0702. The third kappa shape index (κ3) is 5.51. The van der Waals surface area contributed by atoms with E-state index in [2.05, 4.69) is 65.1 Å². The molecule has 170 valence electrons. The number of nitrogens with zero attached hydrogens (tertiary/aromatic N) is 2. The third-order valence-electron chi connectivity index (χ3n) is 5.99. The topological polar surface area (TPSA) is 48.5 Å². The lowest BCUT2D eigenvalue weighted by atomic mass is 10.1. The van der Waals surface area contributed by atoms with Gasteiger partial charge in [0.25, 0.3) is 0 Å². The number of rotatable bonds is 9. The van der Waals surface area contributed by atoms with Crippen LogP contribution in [0.4, 0.5) is 5.69 Å². The lowest BCUT2D eigenvalue weighted by molar-refractivity contribution is -0.118. The van der Waals surface area contributed by atoms with Crippen LogP contribution < -0.4 is 10.3 Å². The fraction of sp³-hybridized carbons (Fsp3) is 0.310. The molecule has 3 aromatic carbocycles. The Bertz CT molecular complexity index is 1280. The minimum absolute atomic E-state index is 0.0702. The highest BCUT2D eigenvalue weighted by Gasteiger charge is 2.12. The number of para-hydroxylation sites is 1. The van der Waals surface area contributed by atoms with Gasteiger partial charge in [0.05, 0.1) is 16.6 Å². The Morgan fingerprint density at radius 2 is 1.61 bits per heavy atom. The molecule has 0 saturated carbocycles. The van der Waals surface area contributed by atoms with Crippen LogP contribution in [0.25, 0.3) is 21.8 Å². The molecule has 4 aromatic rings. The standard InChI is InChI=1S/C29H33N3O/c1-3-19-32(20-4-2)27-17-10-16-25-24-15-9-14-23(21-26(24)31-29(25)27)30-28(33)18-8-13-22-11-6-5-7-12-22/h5-7,9-12,14-17,21,31H,3-4,8,13,18-20H2,1-2H3. The molecule has 1 heterocycles. The molecule has 0 spiro atoms. The Labute approximate surface area is 196 Å². The number of aryl methyl sites for hydroxylation is 1. The fourth-order valence-corrected chi connectivity index (χ4v) is 4.49. The molecule has 4 heteroatoms. The highest BCUT2D eigenvalue weighted by molar-refractivity contribution is 6.11. The number of nitrogens with one attached hydrogen (secondary N) is 1. The number of carbonyl (C=O) groups is 1. The molecule has 4 nitrogen and oxygen atoms in total. The van der Waals surface area contributed by atoms with E-state index in [9.17, 15) is 4.79 Å². The predicted octanol–water partition coefficient (Wildman–Crippen LogP) is 6.40. The van der Waals surface area contributed by atoms with Crippen LogP contribution >= 0.6 is 0 Å². The number of anilines is 1. The van der Waals surface area contributed by atoms with Crippen LogP contribution in [0.3, 0.4) is 0 Å². The zero-order valence-electron chi connectivity index (χ0n) is 19.7. The van der Waals surface area contributed by atoms with E-state index in [1.54, 1.807) is 0 Å². The zero-order chi connectivity index (χ0) is 23.0. The molecule has 0 saturated heterocycles. The summed E-state index contributed by atoms with van der Waals surface area (Å²) in [7, 11) is 0. The normalized spacial score (nSPS) is 11.9.